The van der Waals surface area contributed by atoms with E-state index in [4.69, 9.17) is 9.47 Å². The molecule has 1 aliphatic carbocycles. The Bertz CT molecular complexity index is 1150. The van der Waals surface area contributed by atoms with Crippen molar-refractivity contribution in [1.82, 2.24) is 0 Å². The van der Waals surface area contributed by atoms with E-state index in [1.54, 1.807) is 6.92 Å². The van der Waals surface area contributed by atoms with Crippen LogP contribution in [-0.2, 0) is 20.7 Å². The highest BCUT2D eigenvalue weighted by atomic mass is 19.4. The fourth-order valence-corrected chi connectivity index (χ4v) is 4.71. The van der Waals surface area contributed by atoms with Crippen LogP contribution in [0.4, 0.5) is 24.5 Å². The lowest BCUT2D eigenvalue weighted by atomic mass is 9.92. The summed E-state index contributed by atoms with van der Waals surface area (Å²) in [6.45, 7) is 1.99. The molecule has 0 radical (unpaired) electrons. The van der Waals surface area contributed by atoms with Crippen molar-refractivity contribution < 1.29 is 42.1 Å². The number of aromatic hydroxyl groups is 1. The van der Waals surface area contributed by atoms with Gasteiger partial charge in [-0.2, -0.15) is 0 Å². The zero-order valence-corrected chi connectivity index (χ0v) is 20.3. The van der Waals surface area contributed by atoms with Gasteiger partial charge in [-0.3, -0.25) is 9.59 Å². The number of benzene rings is 2. The van der Waals surface area contributed by atoms with Crippen molar-refractivity contribution in [3.8, 4) is 17.2 Å². The van der Waals surface area contributed by atoms with Crippen molar-refractivity contribution in [3.63, 3.8) is 0 Å². The molecule has 1 unspecified atom stereocenters. The van der Waals surface area contributed by atoms with E-state index in [-0.39, 0.29) is 48.6 Å². The van der Waals surface area contributed by atoms with Gasteiger partial charge >= 0.3 is 12.3 Å². The van der Waals surface area contributed by atoms with Gasteiger partial charge < -0.3 is 30.0 Å². The first kappa shape index (κ1) is 26.4. The van der Waals surface area contributed by atoms with Gasteiger partial charge in [-0.25, -0.2) is 0 Å². The molecule has 1 saturated carbocycles. The molecule has 200 valence electrons. The number of carbonyl (C=O) groups excluding carboxylic acids is 2. The van der Waals surface area contributed by atoms with Crippen LogP contribution in [0.15, 0.2) is 30.3 Å². The molecule has 1 atom stereocenters. The number of hydrogen-bond acceptors (Lipinski definition) is 7. The Balaban J connectivity index is 1.49. The van der Waals surface area contributed by atoms with Gasteiger partial charge in [0.15, 0.2) is 6.10 Å². The second-order valence-electron chi connectivity index (χ2n) is 9.04. The highest BCUT2D eigenvalue weighted by Gasteiger charge is 2.33. The molecular formula is C26H29F3N2O6. The summed E-state index contributed by atoms with van der Waals surface area (Å²) in [6.07, 6.45) is -1.30. The second kappa shape index (κ2) is 11.2. The zero-order chi connectivity index (χ0) is 26.6. The van der Waals surface area contributed by atoms with E-state index < -0.39 is 24.1 Å². The van der Waals surface area contributed by atoms with Crippen LogP contribution >= 0.6 is 0 Å². The molecule has 0 saturated heterocycles. The lowest BCUT2D eigenvalue weighted by molar-refractivity contribution is -0.274. The maximum absolute atomic E-state index is 13.1. The number of phenols is 1. The number of rotatable bonds is 8. The average Bonchev–Trinajstić information content (AvgIpc) is 3.37. The number of ether oxygens (including phenoxy) is 3. The number of amides is 1. The number of aryl methyl sites for hydroxylation is 1. The first-order valence-corrected chi connectivity index (χ1v) is 12.3. The quantitative estimate of drug-likeness (QED) is 0.407. The minimum Gasteiger partial charge on any atom is -0.508 e. The number of carbonyl (C=O) groups is 2. The summed E-state index contributed by atoms with van der Waals surface area (Å²) in [6, 6.07) is 6.87. The number of fused-ring (bicyclic) bond motifs is 1. The number of hydrogen-bond donors (Lipinski definition) is 3. The van der Waals surface area contributed by atoms with E-state index >= 15 is 0 Å². The number of alkyl halides is 3. The molecule has 3 N–H and O–H groups in total. The molecule has 0 spiro atoms. The summed E-state index contributed by atoms with van der Waals surface area (Å²) in [5.41, 5.74) is 2.12. The third-order valence-electron chi connectivity index (χ3n) is 6.43. The largest absolute Gasteiger partial charge is 0.573 e. The Morgan fingerprint density at radius 3 is 2.65 bits per heavy atom. The molecule has 1 fully saturated rings. The minimum atomic E-state index is -4.82. The third kappa shape index (κ3) is 6.78. The predicted octanol–water partition coefficient (Wildman–Crippen LogP) is 5.26. The SMILES string of the molecule is CCOC(=O)CCc1cc(C2CCCC2)c(O)cc1NC(=O)C1CNc2cc(OC(F)(F)F)ccc2O1. The van der Waals surface area contributed by atoms with Crippen LogP contribution in [0.25, 0.3) is 0 Å². The molecular weight excluding hydrogens is 493 g/mol. The molecule has 4 rings (SSSR count). The van der Waals surface area contributed by atoms with Crippen molar-refractivity contribution >= 4 is 23.3 Å². The van der Waals surface area contributed by atoms with Crippen LogP contribution in [0.2, 0.25) is 0 Å². The molecule has 1 aliphatic heterocycles. The molecule has 2 aromatic rings. The zero-order valence-electron chi connectivity index (χ0n) is 20.3. The molecule has 37 heavy (non-hydrogen) atoms. The van der Waals surface area contributed by atoms with Crippen LogP contribution in [0.1, 0.15) is 56.1 Å². The summed E-state index contributed by atoms with van der Waals surface area (Å²) < 4.78 is 52.1. The van der Waals surface area contributed by atoms with E-state index in [2.05, 4.69) is 15.4 Å². The Kier molecular flexibility index (Phi) is 7.99. The normalized spacial score (nSPS) is 17.4. The maximum Gasteiger partial charge on any atom is 0.573 e. The topological polar surface area (TPSA) is 106 Å². The Morgan fingerprint density at radius 2 is 1.95 bits per heavy atom. The van der Waals surface area contributed by atoms with Gasteiger partial charge in [-0.05, 0) is 61.4 Å². The van der Waals surface area contributed by atoms with Gasteiger partial charge in [0, 0.05) is 24.2 Å². The standard InChI is InChI=1S/C26H29F3N2O6/c1-2-35-24(33)10-7-16-11-18(15-5-3-4-6-15)21(32)13-19(16)31-25(34)23-14-30-20-12-17(37-26(27,28)29)8-9-22(20)36-23/h8-9,11-13,15,23,30,32H,2-7,10,14H2,1H3,(H,31,34). The van der Waals surface area contributed by atoms with E-state index in [1.807, 2.05) is 6.07 Å². The number of halogens is 3. The minimum absolute atomic E-state index is 0.00139. The van der Waals surface area contributed by atoms with E-state index in [0.717, 1.165) is 43.4 Å². The molecule has 0 bridgehead atoms. The van der Waals surface area contributed by atoms with Crippen molar-refractivity contribution in [3.05, 3.63) is 41.5 Å². The van der Waals surface area contributed by atoms with Crippen LogP contribution in [-0.4, -0.2) is 42.6 Å². The van der Waals surface area contributed by atoms with E-state index in [1.165, 1.54) is 12.1 Å². The van der Waals surface area contributed by atoms with Crippen LogP contribution in [0, 0.1) is 0 Å². The smallest absolute Gasteiger partial charge is 0.508 e. The average molecular weight is 523 g/mol. The van der Waals surface area contributed by atoms with Gasteiger partial charge in [-0.15, -0.1) is 13.2 Å². The fraction of sp³-hybridized carbons (Fsp3) is 0.462. The highest BCUT2D eigenvalue weighted by Crippen LogP contribution is 2.41. The first-order valence-electron chi connectivity index (χ1n) is 12.3. The summed E-state index contributed by atoms with van der Waals surface area (Å²) in [7, 11) is 0. The van der Waals surface area contributed by atoms with E-state index in [9.17, 15) is 27.9 Å². The second-order valence-corrected chi connectivity index (χ2v) is 9.04. The molecule has 1 amide bonds. The molecule has 8 nitrogen and oxygen atoms in total. The molecule has 0 aromatic heterocycles. The molecule has 2 aliphatic rings. The van der Waals surface area contributed by atoms with Gasteiger partial charge in [-0.1, -0.05) is 12.8 Å². The van der Waals surface area contributed by atoms with Gasteiger partial charge in [0.2, 0.25) is 0 Å². The number of phenolic OH excluding ortho intramolecular Hbond substituents is 1. The fourth-order valence-electron chi connectivity index (χ4n) is 4.71. The van der Waals surface area contributed by atoms with Gasteiger partial charge in [0.05, 0.1) is 18.8 Å². The summed E-state index contributed by atoms with van der Waals surface area (Å²) >= 11 is 0. The van der Waals surface area contributed by atoms with Crippen molar-refractivity contribution in [2.24, 2.45) is 0 Å². The maximum atomic E-state index is 13.1. The van der Waals surface area contributed by atoms with Crippen molar-refractivity contribution in [2.45, 2.75) is 63.8 Å². The van der Waals surface area contributed by atoms with Crippen molar-refractivity contribution in [2.75, 3.05) is 23.8 Å². The lowest BCUT2D eigenvalue weighted by Gasteiger charge is -2.27. The predicted molar refractivity (Wildman–Crippen MR) is 129 cm³/mol. The first-order chi connectivity index (χ1) is 17.6. The molecule has 11 heteroatoms. The lowest BCUT2D eigenvalue weighted by Crippen LogP contribution is -2.41. The number of esters is 1. The summed E-state index contributed by atoms with van der Waals surface area (Å²) in [5, 5.41) is 16.4. The molecule has 1 heterocycles. The molecule has 2 aromatic carbocycles. The monoisotopic (exact) mass is 522 g/mol. The van der Waals surface area contributed by atoms with Crippen LogP contribution in [0.3, 0.4) is 0 Å². The van der Waals surface area contributed by atoms with Crippen LogP contribution in [0.5, 0.6) is 17.2 Å². The van der Waals surface area contributed by atoms with E-state index in [0.29, 0.717) is 17.7 Å². The number of nitrogens with one attached hydrogen (secondary N) is 2. The van der Waals surface area contributed by atoms with Gasteiger partial charge in [0.1, 0.15) is 17.2 Å². The number of anilines is 2. The van der Waals surface area contributed by atoms with Crippen LogP contribution < -0.4 is 20.1 Å². The van der Waals surface area contributed by atoms with Crippen molar-refractivity contribution in [1.29, 1.82) is 0 Å². The highest BCUT2D eigenvalue weighted by molar-refractivity contribution is 5.96. The Morgan fingerprint density at radius 1 is 1.19 bits per heavy atom. The summed E-state index contributed by atoms with van der Waals surface area (Å²) in [4.78, 5) is 25.0. The summed E-state index contributed by atoms with van der Waals surface area (Å²) in [5.74, 6) is -0.788. The Hall–Kier alpha value is -3.63. The Labute approximate surface area is 212 Å². The third-order valence-corrected chi connectivity index (χ3v) is 6.43. The van der Waals surface area contributed by atoms with Gasteiger partial charge in [0.25, 0.3) is 5.91 Å².